The van der Waals surface area contributed by atoms with E-state index in [4.69, 9.17) is 0 Å². The molecule has 1 N–H and O–H groups in total. The second kappa shape index (κ2) is 1.67. The standard InChI is InChI=1S/C4H6NS/c1-4-2-3-6-5-4/h2-3,5H,1H3. The lowest BCUT2D eigenvalue weighted by Gasteiger charge is -1.91. The molecule has 33 valence electrons. The van der Waals surface area contributed by atoms with Gasteiger partial charge in [-0.05, 0) is 12.3 Å². The first-order valence-electron chi connectivity index (χ1n) is 1.81. The van der Waals surface area contributed by atoms with Crippen molar-refractivity contribution in [3.8, 4) is 0 Å². The number of hydrogen-bond donors (Lipinski definition) is 1. The Labute approximate surface area is 41.9 Å². The molecule has 2 heteroatoms. The van der Waals surface area contributed by atoms with Gasteiger partial charge in [0.1, 0.15) is 0 Å². The second-order valence-electron chi connectivity index (χ2n) is 1.21. The fourth-order valence-electron chi connectivity index (χ4n) is 0.297. The summed E-state index contributed by atoms with van der Waals surface area (Å²) >= 11 is 1.61. The van der Waals surface area contributed by atoms with Gasteiger partial charge in [-0.1, -0.05) is 18.0 Å². The summed E-state index contributed by atoms with van der Waals surface area (Å²) in [5, 5.41) is 2.02. The average Bonchev–Trinajstić information content (AvgIpc) is 1.86. The van der Waals surface area contributed by atoms with Gasteiger partial charge in [0.2, 0.25) is 0 Å². The van der Waals surface area contributed by atoms with Crippen molar-refractivity contribution in [3.63, 3.8) is 0 Å². The summed E-state index contributed by atoms with van der Waals surface area (Å²) in [6.07, 6.45) is 2.05. The van der Waals surface area contributed by atoms with E-state index in [0.717, 1.165) is 0 Å². The minimum Gasteiger partial charge on any atom is -0.248 e. The normalized spacial score (nSPS) is 22.8. The van der Waals surface area contributed by atoms with Crippen molar-refractivity contribution >= 4 is 11.9 Å². The van der Waals surface area contributed by atoms with Gasteiger partial charge in [0.05, 0.1) is 6.04 Å². The van der Waals surface area contributed by atoms with Crippen molar-refractivity contribution in [2.24, 2.45) is 0 Å². The first-order valence-corrected chi connectivity index (χ1v) is 2.69. The third-order valence-electron chi connectivity index (χ3n) is 0.606. The highest BCUT2D eigenvalue weighted by Crippen LogP contribution is 2.12. The molecule has 1 aliphatic rings. The molecule has 0 spiro atoms. The van der Waals surface area contributed by atoms with Crippen LogP contribution in [0.5, 0.6) is 0 Å². The molecule has 1 rings (SSSR count). The minimum absolute atomic E-state index is 1.24. The summed E-state index contributed by atoms with van der Waals surface area (Å²) in [7, 11) is 0. The van der Waals surface area contributed by atoms with E-state index in [1.54, 1.807) is 11.9 Å². The summed E-state index contributed by atoms with van der Waals surface area (Å²) in [6.45, 7) is 2.04. The molecule has 0 aromatic rings. The maximum Gasteiger partial charge on any atom is 0.0668 e. The van der Waals surface area contributed by atoms with Crippen LogP contribution < -0.4 is 4.72 Å². The number of nitrogens with one attached hydrogen (secondary N) is 1. The Hall–Kier alpha value is 0.0500. The van der Waals surface area contributed by atoms with Crippen LogP contribution in [-0.4, -0.2) is 0 Å². The third kappa shape index (κ3) is 0.758. The molecule has 0 saturated heterocycles. The van der Waals surface area contributed by atoms with E-state index in [1.165, 1.54) is 6.04 Å². The monoisotopic (exact) mass is 100 g/mol. The molecular formula is C4H6NS. The molecule has 6 heavy (non-hydrogen) atoms. The molecule has 0 fully saturated rings. The zero-order chi connectivity index (χ0) is 4.41. The van der Waals surface area contributed by atoms with Crippen molar-refractivity contribution in [1.29, 1.82) is 0 Å². The predicted molar refractivity (Wildman–Crippen MR) is 28.8 cm³/mol. The van der Waals surface area contributed by atoms with Crippen LogP contribution in [0.1, 0.15) is 6.92 Å². The van der Waals surface area contributed by atoms with Gasteiger partial charge in [-0.25, -0.2) is 4.72 Å². The first-order chi connectivity index (χ1) is 2.89. The van der Waals surface area contributed by atoms with Gasteiger partial charge < -0.3 is 0 Å². The van der Waals surface area contributed by atoms with E-state index < -0.39 is 0 Å². The molecule has 0 saturated carbocycles. The molecule has 0 aromatic carbocycles. The minimum atomic E-state index is 1.24. The molecule has 0 atom stereocenters. The van der Waals surface area contributed by atoms with Crippen molar-refractivity contribution in [3.05, 3.63) is 17.5 Å². The average molecular weight is 100 g/mol. The van der Waals surface area contributed by atoms with Gasteiger partial charge in [0.15, 0.2) is 0 Å². The highest BCUT2D eigenvalue weighted by molar-refractivity contribution is 8.00. The van der Waals surface area contributed by atoms with Crippen LogP contribution in [0.3, 0.4) is 0 Å². The van der Waals surface area contributed by atoms with Crippen LogP contribution in [0, 0.1) is 6.04 Å². The zero-order valence-electron chi connectivity index (χ0n) is 3.56. The Morgan fingerprint density at radius 3 is 2.83 bits per heavy atom. The van der Waals surface area contributed by atoms with Crippen LogP contribution in [-0.2, 0) is 0 Å². The molecule has 0 bridgehead atoms. The highest BCUT2D eigenvalue weighted by Gasteiger charge is 1.98. The Morgan fingerprint density at radius 2 is 2.67 bits per heavy atom. The smallest absolute Gasteiger partial charge is 0.0668 e. The van der Waals surface area contributed by atoms with Crippen molar-refractivity contribution in [2.45, 2.75) is 6.92 Å². The molecule has 0 aliphatic carbocycles. The van der Waals surface area contributed by atoms with Crippen LogP contribution in [0.15, 0.2) is 11.5 Å². The second-order valence-corrected chi connectivity index (χ2v) is 1.92. The van der Waals surface area contributed by atoms with E-state index in [9.17, 15) is 0 Å². The van der Waals surface area contributed by atoms with Crippen molar-refractivity contribution in [1.82, 2.24) is 4.72 Å². The van der Waals surface area contributed by atoms with Crippen molar-refractivity contribution < 1.29 is 0 Å². The number of rotatable bonds is 0. The largest absolute Gasteiger partial charge is 0.248 e. The third-order valence-corrected chi connectivity index (χ3v) is 1.32. The van der Waals surface area contributed by atoms with Crippen LogP contribution in [0.25, 0.3) is 0 Å². The molecule has 0 aromatic heterocycles. The lowest BCUT2D eigenvalue weighted by molar-refractivity contribution is 1.07. The molecule has 0 unspecified atom stereocenters. The maximum atomic E-state index is 3.04. The Balaban J connectivity index is 2.38. The van der Waals surface area contributed by atoms with Gasteiger partial charge in [0, 0.05) is 0 Å². The summed E-state index contributed by atoms with van der Waals surface area (Å²) in [5.41, 5.74) is 0. The van der Waals surface area contributed by atoms with Crippen LogP contribution >= 0.6 is 11.9 Å². The Bertz CT molecular complexity index is 69.9. The van der Waals surface area contributed by atoms with Gasteiger partial charge in [-0.2, -0.15) is 0 Å². The van der Waals surface area contributed by atoms with Gasteiger partial charge >= 0.3 is 0 Å². The molecule has 0 amide bonds. The molecule has 1 aliphatic heterocycles. The summed E-state index contributed by atoms with van der Waals surface area (Å²) < 4.78 is 3.04. The number of hydrogen-bond acceptors (Lipinski definition) is 2. The first kappa shape index (κ1) is 4.22. The highest BCUT2D eigenvalue weighted by atomic mass is 32.2. The van der Waals surface area contributed by atoms with Crippen LogP contribution in [0.2, 0.25) is 0 Å². The van der Waals surface area contributed by atoms with Gasteiger partial charge in [-0.3, -0.25) is 0 Å². The molecule has 1 radical (unpaired) electrons. The Morgan fingerprint density at radius 1 is 1.83 bits per heavy atom. The SMILES string of the molecule is C[C]1C=CSN1. The van der Waals surface area contributed by atoms with Crippen molar-refractivity contribution in [2.75, 3.05) is 0 Å². The lowest BCUT2D eigenvalue weighted by atomic mass is 10.4. The summed E-state index contributed by atoms with van der Waals surface area (Å²) in [4.78, 5) is 0. The molecular weight excluding hydrogens is 94.1 g/mol. The zero-order valence-corrected chi connectivity index (χ0v) is 4.38. The van der Waals surface area contributed by atoms with Gasteiger partial charge in [0.25, 0.3) is 0 Å². The lowest BCUT2D eigenvalue weighted by Crippen LogP contribution is -1.98. The Kier molecular flexibility index (Phi) is 1.17. The van der Waals surface area contributed by atoms with E-state index >= 15 is 0 Å². The quantitative estimate of drug-likeness (QED) is 0.460. The van der Waals surface area contributed by atoms with Gasteiger partial charge in [-0.15, -0.1) is 0 Å². The maximum absolute atomic E-state index is 3.04. The van der Waals surface area contributed by atoms with E-state index in [-0.39, 0.29) is 0 Å². The molecule has 1 nitrogen and oxygen atoms in total. The van der Waals surface area contributed by atoms with E-state index in [0.29, 0.717) is 0 Å². The topological polar surface area (TPSA) is 12.0 Å². The van der Waals surface area contributed by atoms with Crippen LogP contribution in [0.4, 0.5) is 0 Å². The summed E-state index contributed by atoms with van der Waals surface area (Å²) in [5.74, 6) is 0. The van der Waals surface area contributed by atoms with E-state index in [1.807, 2.05) is 18.4 Å². The fraction of sp³-hybridized carbons (Fsp3) is 0.250. The molecule has 1 heterocycles. The van der Waals surface area contributed by atoms with E-state index in [2.05, 4.69) is 4.72 Å². The predicted octanol–water partition coefficient (Wildman–Crippen LogP) is 1.30. The summed E-state index contributed by atoms with van der Waals surface area (Å²) in [6, 6.07) is 1.24. The fourth-order valence-corrected chi connectivity index (χ4v) is 0.891.